The van der Waals surface area contributed by atoms with Crippen LogP contribution < -0.4 is 0 Å². The topological polar surface area (TPSA) is 52.6 Å². The average molecular weight is 238 g/mol. The zero-order valence-corrected chi connectivity index (χ0v) is 8.97. The predicted octanol–water partition coefficient (Wildman–Crippen LogP) is 1.50. The van der Waals surface area contributed by atoms with E-state index in [2.05, 4.69) is 4.74 Å². The number of carbonyl (C=O) groups excluding carboxylic acids is 2. The lowest BCUT2D eigenvalue weighted by Crippen LogP contribution is -2.18. The van der Waals surface area contributed by atoms with Gasteiger partial charge in [-0.3, -0.25) is 0 Å². The van der Waals surface area contributed by atoms with Crippen molar-refractivity contribution in [2.24, 2.45) is 0 Å². The summed E-state index contributed by atoms with van der Waals surface area (Å²) in [4.78, 5) is 22.3. The van der Waals surface area contributed by atoms with Crippen LogP contribution in [0.3, 0.4) is 0 Å². The lowest BCUT2D eigenvalue weighted by atomic mass is 10.2. The summed E-state index contributed by atoms with van der Waals surface area (Å²) >= 11 is 0. The highest BCUT2D eigenvalue weighted by atomic mass is 19.1. The molecule has 0 bridgehead atoms. The lowest BCUT2D eigenvalue weighted by Gasteiger charge is -2.09. The van der Waals surface area contributed by atoms with Crippen molar-refractivity contribution in [3.8, 4) is 0 Å². The van der Waals surface area contributed by atoms with E-state index < -0.39 is 24.2 Å². The molecule has 5 heteroatoms. The maximum absolute atomic E-state index is 12.8. The number of esters is 2. The summed E-state index contributed by atoms with van der Waals surface area (Å²) in [6, 6.07) is 8.43. The smallest absolute Gasteiger partial charge is 0.341 e. The minimum Gasteiger partial charge on any atom is -0.458 e. The van der Waals surface area contributed by atoms with Crippen molar-refractivity contribution in [3.05, 3.63) is 35.9 Å². The van der Waals surface area contributed by atoms with Crippen LogP contribution in [0.1, 0.15) is 16.8 Å². The Labute approximate surface area is 97.3 Å². The zero-order valence-electron chi connectivity index (χ0n) is 8.97. The fraction of sp³-hybridized carbons (Fsp3) is 0.333. The van der Waals surface area contributed by atoms with Crippen LogP contribution in [0.4, 0.5) is 4.39 Å². The second-order valence-corrected chi connectivity index (χ2v) is 3.73. The average Bonchev–Trinajstić information content (AvgIpc) is 2.67. The van der Waals surface area contributed by atoms with Gasteiger partial charge in [0.2, 0.25) is 6.17 Å². The fourth-order valence-electron chi connectivity index (χ4n) is 1.54. The van der Waals surface area contributed by atoms with Crippen LogP contribution in [0.2, 0.25) is 0 Å². The lowest BCUT2D eigenvalue weighted by molar-refractivity contribution is -0.146. The summed E-state index contributed by atoms with van der Waals surface area (Å²) < 4.78 is 22.4. The highest BCUT2D eigenvalue weighted by Crippen LogP contribution is 2.18. The number of alkyl halides is 1. The molecule has 1 heterocycles. The number of rotatable bonds is 3. The first-order valence-electron chi connectivity index (χ1n) is 5.23. The van der Waals surface area contributed by atoms with E-state index in [0.29, 0.717) is 5.56 Å². The fourth-order valence-corrected chi connectivity index (χ4v) is 1.54. The van der Waals surface area contributed by atoms with E-state index in [4.69, 9.17) is 4.74 Å². The van der Waals surface area contributed by atoms with Gasteiger partial charge in [0.25, 0.3) is 0 Å². The Morgan fingerprint density at radius 3 is 2.71 bits per heavy atom. The van der Waals surface area contributed by atoms with Gasteiger partial charge >= 0.3 is 11.9 Å². The van der Waals surface area contributed by atoms with Crippen LogP contribution in [0, 0.1) is 0 Å². The van der Waals surface area contributed by atoms with Gasteiger partial charge in [0.15, 0.2) is 0 Å². The zero-order chi connectivity index (χ0) is 12.3. The SMILES string of the molecule is O=C(OC[C@@H]1C[C@H](F)C(=O)O1)c1ccccc1. The maximum Gasteiger partial charge on any atom is 0.341 e. The summed E-state index contributed by atoms with van der Waals surface area (Å²) in [5.74, 6) is -1.39. The molecule has 0 spiro atoms. The van der Waals surface area contributed by atoms with E-state index >= 15 is 0 Å². The second-order valence-electron chi connectivity index (χ2n) is 3.73. The molecule has 0 saturated carbocycles. The molecular formula is C12H11FO4. The Kier molecular flexibility index (Phi) is 3.37. The van der Waals surface area contributed by atoms with Crippen molar-refractivity contribution in [3.63, 3.8) is 0 Å². The van der Waals surface area contributed by atoms with Crippen LogP contribution in [-0.2, 0) is 14.3 Å². The number of benzene rings is 1. The predicted molar refractivity (Wildman–Crippen MR) is 56.1 cm³/mol. The largest absolute Gasteiger partial charge is 0.458 e. The molecule has 2 atom stereocenters. The molecule has 0 aromatic heterocycles. The van der Waals surface area contributed by atoms with Gasteiger partial charge in [-0.1, -0.05) is 18.2 Å². The molecule has 0 N–H and O–H groups in total. The standard InChI is InChI=1S/C12H11FO4/c13-10-6-9(17-12(10)15)7-16-11(14)8-4-2-1-3-5-8/h1-5,9-10H,6-7H2/t9-,10-/m0/s1. The molecule has 1 aromatic rings. The Hall–Kier alpha value is -1.91. The third kappa shape index (κ3) is 2.81. The van der Waals surface area contributed by atoms with Gasteiger partial charge in [-0.05, 0) is 12.1 Å². The Morgan fingerprint density at radius 1 is 1.41 bits per heavy atom. The molecule has 0 unspecified atom stereocenters. The molecule has 1 aliphatic heterocycles. The Morgan fingerprint density at radius 2 is 2.12 bits per heavy atom. The number of ether oxygens (including phenoxy) is 2. The normalized spacial score (nSPS) is 23.2. The van der Waals surface area contributed by atoms with Gasteiger partial charge < -0.3 is 9.47 Å². The molecular weight excluding hydrogens is 227 g/mol. The van der Waals surface area contributed by atoms with E-state index in [9.17, 15) is 14.0 Å². The summed E-state index contributed by atoms with van der Waals surface area (Å²) in [6.07, 6.45) is -2.33. The first-order valence-corrected chi connectivity index (χ1v) is 5.23. The molecule has 90 valence electrons. The molecule has 1 aromatic carbocycles. The summed E-state index contributed by atoms with van der Waals surface area (Å²) in [5, 5.41) is 0. The molecule has 1 saturated heterocycles. The van der Waals surface area contributed by atoms with Crippen molar-refractivity contribution in [2.75, 3.05) is 6.61 Å². The molecule has 4 nitrogen and oxygen atoms in total. The minimum atomic E-state index is -1.60. The first kappa shape index (κ1) is 11.6. The van der Waals surface area contributed by atoms with E-state index in [1.807, 2.05) is 0 Å². The molecule has 0 aliphatic carbocycles. The highest BCUT2D eigenvalue weighted by Gasteiger charge is 2.35. The molecule has 1 fully saturated rings. The molecule has 0 radical (unpaired) electrons. The van der Waals surface area contributed by atoms with Gasteiger partial charge in [-0.25, -0.2) is 14.0 Å². The Balaban J connectivity index is 1.83. The van der Waals surface area contributed by atoms with Gasteiger partial charge in [-0.15, -0.1) is 0 Å². The van der Waals surface area contributed by atoms with E-state index in [1.54, 1.807) is 30.3 Å². The van der Waals surface area contributed by atoms with Crippen LogP contribution in [0.5, 0.6) is 0 Å². The van der Waals surface area contributed by atoms with Gasteiger partial charge in [0, 0.05) is 6.42 Å². The minimum absolute atomic E-state index is 0.0547. The Bertz CT molecular complexity index is 418. The first-order chi connectivity index (χ1) is 8.16. The molecule has 17 heavy (non-hydrogen) atoms. The van der Waals surface area contributed by atoms with Crippen LogP contribution >= 0.6 is 0 Å². The van der Waals surface area contributed by atoms with Crippen molar-refractivity contribution in [1.29, 1.82) is 0 Å². The van der Waals surface area contributed by atoms with Crippen LogP contribution in [0.15, 0.2) is 30.3 Å². The van der Waals surface area contributed by atoms with Gasteiger partial charge in [0.1, 0.15) is 12.7 Å². The van der Waals surface area contributed by atoms with Gasteiger partial charge in [0.05, 0.1) is 5.56 Å². The van der Waals surface area contributed by atoms with Crippen molar-refractivity contribution >= 4 is 11.9 Å². The number of carbonyl (C=O) groups is 2. The third-order valence-corrected chi connectivity index (χ3v) is 2.42. The quantitative estimate of drug-likeness (QED) is 0.749. The number of hydrogen-bond acceptors (Lipinski definition) is 4. The van der Waals surface area contributed by atoms with Crippen molar-refractivity contribution in [2.45, 2.75) is 18.7 Å². The summed E-state index contributed by atoms with van der Waals surface area (Å²) in [6.45, 7) is -0.111. The molecule has 2 rings (SSSR count). The summed E-state index contributed by atoms with van der Waals surface area (Å²) in [7, 11) is 0. The third-order valence-electron chi connectivity index (χ3n) is 2.42. The number of cyclic esters (lactones) is 1. The monoisotopic (exact) mass is 238 g/mol. The van der Waals surface area contributed by atoms with E-state index in [-0.39, 0.29) is 13.0 Å². The van der Waals surface area contributed by atoms with Crippen LogP contribution in [-0.4, -0.2) is 30.8 Å². The molecule has 1 aliphatic rings. The van der Waals surface area contributed by atoms with E-state index in [0.717, 1.165) is 0 Å². The van der Waals surface area contributed by atoms with Gasteiger partial charge in [-0.2, -0.15) is 0 Å². The van der Waals surface area contributed by atoms with E-state index in [1.165, 1.54) is 0 Å². The maximum atomic E-state index is 12.8. The summed E-state index contributed by atoms with van der Waals surface area (Å²) in [5.41, 5.74) is 0.411. The van der Waals surface area contributed by atoms with Crippen molar-refractivity contribution < 1.29 is 23.5 Å². The highest BCUT2D eigenvalue weighted by molar-refractivity contribution is 5.89. The molecule has 0 amide bonds. The number of halogens is 1. The second kappa shape index (κ2) is 4.95. The van der Waals surface area contributed by atoms with Crippen molar-refractivity contribution in [1.82, 2.24) is 0 Å². The van der Waals surface area contributed by atoms with Crippen LogP contribution in [0.25, 0.3) is 0 Å². The number of hydrogen-bond donors (Lipinski definition) is 0.